The van der Waals surface area contributed by atoms with Crippen LogP contribution >= 0.6 is 11.6 Å². The Morgan fingerprint density at radius 3 is 2.43 bits per heavy atom. The number of hydrogen-bond donors (Lipinski definition) is 1. The van der Waals surface area contributed by atoms with Crippen molar-refractivity contribution in [2.75, 3.05) is 0 Å². The molecule has 38 valence electrons. The molecule has 7 heavy (non-hydrogen) atoms. The van der Waals surface area contributed by atoms with Crippen molar-refractivity contribution in [2.45, 2.75) is 0 Å². The van der Waals surface area contributed by atoms with Gasteiger partial charge in [-0.25, -0.2) is 0 Å². The summed E-state index contributed by atoms with van der Waals surface area (Å²) in [5.41, 5.74) is 0. The molecule has 1 aromatic heterocycles. The molecule has 5 heteroatoms. The molecule has 0 aliphatic heterocycles. The molecule has 0 bridgehead atoms. The van der Waals surface area contributed by atoms with Crippen LogP contribution in [-0.4, -0.2) is 15.3 Å². The molecule has 1 heterocycles. The first-order valence-electron chi connectivity index (χ1n) is 1.47. The molecule has 0 atom stereocenters. The predicted molar refractivity (Wildman–Crippen MR) is 21.0 cm³/mol. The van der Waals surface area contributed by atoms with Crippen LogP contribution in [0, 0.1) is 0 Å². The summed E-state index contributed by atoms with van der Waals surface area (Å²) in [4.78, 5) is 0. The van der Waals surface area contributed by atoms with Gasteiger partial charge in [0.15, 0.2) is 0 Å². The molecule has 0 aliphatic rings. The highest BCUT2D eigenvalue weighted by Gasteiger charge is 1.95. The van der Waals surface area contributed by atoms with Crippen LogP contribution in [0.1, 0.15) is 0 Å². The van der Waals surface area contributed by atoms with Crippen molar-refractivity contribution in [1.29, 1.82) is 0 Å². The zero-order valence-electron chi connectivity index (χ0n) is 3.13. The van der Waals surface area contributed by atoms with Gasteiger partial charge in [0.25, 0.3) is 0 Å². The van der Waals surface area contributed by atoms with Gasteiger partial charge >= 0.3 is 11.4 Å². The third-order valence-corrected chi connectivity index (χ3v) is 0.542. The molecule has 0 saturated carbocycles. The van der Waals surface area contributed by atoms with Gasteiger partial charge in [-0.15, -0.1) is 0 Å². The first-order chi connectivity index (χ1) is 3.29. The molecule has 0 aliphatic carbocycles. The van der Waals surface area contributed by atoms with E-state index < -0.39 is 6.08 Å². The Bertz CT molecular complexity index is 146. The summed E-state index contributed by atoms with van der Waals surface area (Å²) in [6.45, 7) is 0. The predicted octanol–water partition coefficient (Wildman–Crippen LogP) is 0.429. The van der Waals surface area contributed by atoms with E-state index in [4.69, 9.17) is 16.7 Å². The lowest BCUT2D eigenvalue weighted by Gasteiger charge is -1.67. The largest absolute Gasteiger partial charge is 0.465 e. The Morgan fingerprint density at radius 1 is 1.57 bits per heavy atom. The second-order valence-electron chi connectivity index (χ2n) is 0.838. The van der Waals surface area contributed by atoms with Crippen LogP contribution in [0.4, 0.5) is 0 Å². The summed E-state index contributed by atoms with van der Waals surface area (Å²) in [6.07, 6.45) is -0.509. The van der Waals surface area contributed by atoms with Crippen LogP contribution in [0.15, 0.2) is 4.42 Å². The number of rotatable bonds is 0. The molecule has 1 aromatic rings. The molecule has 0 radical (unpaired) electrons. The summed E-state index contributed by atoms with van der Waals surface area (Å²) in [5.74, 6) is 0. The van der Waals surface area contributed by atoms with Gasteiger partial charge in [0.1, 0.15) is 0 Å². The van der Waals surface area contributed by atoms with Crippen molar-refractivity contribution in [2.24, 2.45) is 0 Å². The molecule has 1 N–H and O–H groups in total. The Kier molecular flexibility index (Phi) is 0.867. The first kappa shape index (κ1) is 4.39. The fraction of sp³-hybridized carbons (Fsp3) is 0. The Morgan fingerprint density at radius 2 is 2.29 bits per heavy atom. The highest BCUT2D eigenvalue weighted by Crippen LogP contribution is 2.08. The van der Waals surface area contributed by atoms with E-state index >= 15 is 0 Å². The van der Waals surface area contributed by atoms with Crippen LogP contribution in [0.2, 0.25) is 5.35 Å². The van der Waals surface area contributed by atoms with E-state index in [1.807, 2.05) is 0 Å². The van der Waals surface area contributed by atoms with E-state index in [1.54, 1.807) is 0 Å². The van der Waals surface area contributed by atoms with E-state index in [-0.39, 0.29) is 5.35 Å². The number of aromatic hydroxyl groups is 1. The highest BCUT2D eigenvalue weighted by atomic mass is 35.5. The van der Waals surface area contributed by atoms with Crippen LogP contribution in [-0.2, 0) is 0 Å². The average Bonchev–Trinajstić information content (AvgIpc) is 1.87. The van der Waals surface area contributed by atoms with Gasteiger partial charge in [-0.05, 0) is 11.6 Å². The van der Waals surface area contributed by atoms with Crippen LogP contribution in [0.3, 0.4) is 0 Å². The van der Waals surface area contributed by atoms with E-state index in [9.17, 15) is 0 Å². The number of halogens is 1. The fourth-order valence-electron chi connectivity index (χ4n) is 0.198. The molecule has 0 aromatic carbocycles. The third kappa shape index (κ3) is 0.806. The van der Waals surface area contributed by atoms with E-state index in [2.05, 4.69) is 14.6 Å². The van der Waals surface area contributed by atoms with Gasteiger partial charge in [-0.1, -0.05) is 10.2 Å². The fourth-order valence-corrected chi connectivity index (χ4v) is 0.305. The third-order valence-electron chi connectivity index (χ3n) is 0.390. The minimum Gasteiger partial charge on any atom is -0.465 e. The zero-order valence-corrected chi connectivity index (χ0v) is 3.88. The molecule has 1 rings (SSSR count). The maximum absolute atomic E-state index is 8.23. The Hall–Kier alpha value is -0.770. The Balaban J connectivity index is 3.04. The SMILES string of the molecule is Oc1nnc(Cl)o1. The quantitative estimate of drug-likeness (QED) is 0.539. The zero-order chi connectivity index (χ0) is 5.28. The molecule has 0 saturated heterocycles. The molecule has 0 amide bonds. The van der Waals surface area contributed by atoms with E-state index in [1.165, 1.54) is 0 Å². The smallest absolute Gasteiger partial charge is 0.413 e. The maximum atomic E-state index is 8.23. The van der Waals surface area contributed by atoms with Gasteiger partial charge < -0.3 is 9.52 Å². The summed E-state index contributed by atoms with van der Waals surface area (Å²) in [7, 11) is 0. The molecular formula is C2HClN2O2. The van der Waals surface area contributed by atoms with Crippen molar-refractivity contribution in [3.05, 3.63) is 5.35 Å². The van der Waals surface area contributed by atoms with E-state index in [0.29, 0.717) is 0 Å². The number of hydrogen-bond acceptors (Lipinski definition) is 4. The average molecular weight is 120 g/mol. The summed E-state index contributed by atoms with van der Waals surface area (Å²) in [5, 5.41) is 14.2. The monoisotopic (exact) mass is 120 g/mol. The Labute approximate surface area is 43.7 Å². The first-order valence-corrected chi connectivity index (χ1v) is 1.85. The lowest BCUT2D eigenvalue weighted by molar-refractivity contribution is 0.316. The number of aromatic nitrogens is 2. The lowest BCUT2D eigenvalue weighted by Crippen LogP contribution is -1.61. The van der Waals surface area contributed by atoms with Gasteiger partial charge in [-0.2, -0.15) is 0 Å². The summed E-state index contributed by atoms with van der Waals surface area (Å²) in [6, 6.07) is 0. The minimum absolute atomic E-state index is 0.155. The maximum Gasteiger partial charge on any atom is 0.413 e. The van der Waals surface area contributed by atoms with Gasteiger partial charge in [0.05, 0.1) is 0 Å². The molecule has 0 unspecified atom stereocenters. The number of nitrogens with zero attached hydrogens (tertiary/aromatic N) is 2. The van der Waals surface area contributed by atoms with Crippen molar-refractivity contribution in [3.8, 4) is 6.08 Å². The normalized spacial score (nSPS) is 9.29. The van der Waals surface area contributed by atoms with Gasteiger partial charge in [-0.3, -0.25) is 0 Å². The van der Waals surface area contributed by atoms with Crippen LogP contribution in [0.25, 0.3) is 0 Å². The molecule has 4 nitrogen and oxygen atoms in total. The minimum atomic E-state index is -0.509. The highest BCUT2D eigenvalue weighted by molar-refractivity contribution is 6.27. The molecule has 0 fully saturated rings. The van der Waals surface area contributed by atoms with Crippen molar-refractivity contribution >= 4 is 11.6 Å². The second kappa shape index (κ2) is 1.38. The van der Waals surface area contributed by atoms with Crippen molar-refractivity contribution in [1.82, 2.24) is 10.2 Å². The topological polar surface area (TPSA) is 59.2 Å². The lowest BCUT2D eigenvalue weighted by atomic mass is 11.4. The van der Waals surface area contributed by atoms with Crippen LogP contribution in [0.5, 0.6) is 6.08 Å². The summed E-state index contributed by atoms with van der Waals surface area (Å²) >= 11 is 5.06. The van der Waals surface area contributed by atoms with E-state index in [0.717, 1.165) is 0 Å². The molecule has 0 spiro atoms. The standard InChI is InChI=1S/C2HClN2O2/c3-1-4-5-2(6)7-1/h(H,5,6). The van der Waals surface area contributed by atoms with Crippen molar-refractivity contribution < 1.29 is 9.52 Å². The van der Waals surface area contributed by atoms with Crippen molar-refractivity contribution in [3.63, 3.8) is 0 Å². The van der Waals surface area contributed by atoms with Gasteiger partial charge in [0, 0.05) is 0 Å². The second-order valence-corrected chi connectivity index (χ2v) is 1.16. The van der Waals surface area contributed by atoms with Crippen LogP contribution < -0.4 is 0 Å². The van der Waals surface area contributed by atoms with Gasteiger partial charge in [0.2, 0.25) is 0 Å². The molecular weight excluding hydrogens is 119 g/mol. The summed E-state index contributed by atoms with van der Waals surface area (Å²) < 4.78 is 4.18.